The molecule has 5 heteroatoms. The van der Waals surface area contributed by atoms with E-state index in [-0.39, 0.29) is 18.4 Å². The number of para-hydroxylation sites is 1. The molecular formula is C14H16N2O3. The number of benzene rings is 1. The van der Waals surface area contributed by atoms with Gasteiger partial charge in [0.05, 0.1) is 0 Å². The minimum Gasteiger partial charge on any atom is -0.483 e. The summed E-state index contributed by atoms with van der Waals surface area (Å²) in [5, 5.41) is 2.65. The maximum absolute atomic E-state index is 11.9. The van der Waals surface area contributed by atoms with Crippen LogP contribution in [-0.4, -0.2) is 36.4 Å². The van der Waals surface area contributed by atoms with Crippen LogP contribution in [0, 0.1) is 0 Å². The highest BCUT2D eigenvalue weighted by Gasteiger charge is 2.20. The fourth-order valence-electron chi connectivity index (χ4n) is 1.89. The number of carbonyl (C=O) groups excluding carboxylic acids is 2. The van der Waals surface area contributed by atoms with Crippen LogP contribution in [0.3, 0.4) is 0 Å². The second kappa shape index (κ2) is 6.04. The third kappa shape index (κ3) is 3.34. The maximum Gasteiger partial charge on any atom is 0.260 e. The molecular weight excluding hydrogens is 244 g/mol. The van der Waals surface area contributed by atoms with Gasteiger partial charge in [0.2, 0.25) is 5.91 Å². The number of nitrogens with one attached hydrogen (secondary N) is 1. The Balaban J connectivity index is 1.98. The third-order valence-electron chi connectivity index (χ3n) is 2.90. The van der Waals surface area contributed by atoms with Gasteiger partial charge < -0.3 is 15.0 Å². The summed E-state index contributed by atoms with van der Waals surface area (Å²) < 4.78 is 5.44. The molecule has 1 aromatic rings. The Morgan fingerprint density at radius 1 is 1.47 bits per heavy atom. The standard InChI is InChI=1S/C14H16N2O3/c1-2-13(17)15-7-8-16-9-11-5-3-4-6-12(11)19-10-14(16)18/h2-6H,1,7-10H2,(H,15,17). The van der Waals surface area contributed by atoms with Crippen molar-refractivity contribution >= 4 is 11.8 Å². The third-order valence-corrected chi connectivity index (χ3v) is 2.90. The lowest BCUT2D eigenvalue weighted by molar-refractivity contribution is -0.133. The average Bonchev–Trinajstić information content (AvgIpc) is 2.59. The first kappa shape index (κ1) is 13.1. The summed E-state index contributed by atoms with van der Waals surface area (Å²) in [6, 6.07) is 7.58. The molecule has 0 radical (unpaired) electrons. The summed E-state index contributed by atoms with van der Waals surface area (Å²) >= 11 is 0. The molecule has 0 aromatic heterocycles. The number of ether oxygens (including phenoxy) is 1. The Morgan fingerprint density at radius 3 is 3.05 bits per heavy atom. The quantitative estimate of drug-likeness (QED) is 0.811. The van der Waals surface area contributed by atoms with Crippen molar-refractivity contribution in [2.24, 2.45) is 0 Å². The van der Waals surface area contributed by atoms with Crippen molar-refractivity contribution in [2.45, 2.75) is 6.54 Å². The summed E-state index contributed by atoms with van der Waals surface area (Å²) in [6.07, 6.45) is 1.21. The van der Waals surface area contributed by atoms with Gasteiger partial charge in [-0.2, -0.15) is 0 Å². The summed E-state index contributed by atoms with van der Waals surface area (Å²) in [6.45, 7) is 4.76. The first-order chi connectivity index (χ1) is 9.20. The Kier molecular flexibility index (Phi) is 4.18. The highest BCUT2D eigenvalue weighted by Crippen LogP contribution is 2.22. The van der Waals surface area contributed by atoms with Gasteiger partial charge in [0.25, 0.3) is 5.91 Å². The van der Waals surface area contributed by atoms with Crippen molar-refractivity contribution in [1.29, 1.82) is 0 Å². The Bertz CT molecular complexity index is 499. The zero-order chi connectivity index (χ0) is 13.7. The van der Waals surface area contributed by atoms with Crippen LogP contribution in [0.15, 0.2) is 36.9 Å². The van der Waals surface area contributed by atoms with Gasteiger partial charge in [-0.1, -0.05) is 24.8 Å². The van der Waals surface area contributed by atoms with Gasteiger partial charge >= 0.3 is 0 Å². The molecule has 1 heterocycles. The first-order valence-corrected chi connectivity index (χ1v) is 6.09. The highest BCUT2D eigenvalue weighted by atomic mass is 16.5. The van der Waals surface area contributed by atoms with E-state index in [1.165, 1.54) is 6.08 Å². The first-order valence-electron chi connectivity index (χ1n) is 6.09. The van der Waals surface area contributed by atoms with E-state index in [4.69, 9.17) is 4.74 Å². The van der Waals surface area contributed by atoms with E-state index in [0.717, 1.165) is 11.3 Å². The van der Waals surface area contributed by atoms with E-state index in [1.807, 2.05) is 24.3 Å². The van der Waals surface area contributed by atoms with Crippen molar-refractivity contribution in [3.05, 3.63) is 42.5 Å². The smallest absolute Gasteiger partial charge is 0.260 e. The van der Waals surface area contributed by atoms with Crippen molar-refractivity contribution in [1.82, 2.24) is 10.2 Å². The van der Waals surface area contributed by atoms with Crippen molar-refractivity contribution in [3.63, 3.8) is 0 Å². The van der Waals surface area contributed by atoms with E-state index in [1.54, 1.807) is 4.90 Å². The molecule has 0 saturated heterocycles. The molecule has 1 aliphatic heterocycles. The lowest BCUT2D eigenvalue weighted by Crippen LogP contribution is -2.38. The number of rotatable bonds is 4. The number of nitrogens with zero attached hydrogens (tertiary/aromatic N) is 1. The van der Waals surface area contributed by atoms with Crippen LogP contribution >= 0.6 is 0 Å². The van der Waals surface area contributed by atoms with E-state index in [0.29, 0.717) is 19.6 Å². The molecule has 2 amide bonds. The van der Waals surface area contributed by atoms with Gasteiger partial charge in [-0.3, -0.25) is 9.59 Å². The van der Waals surface area contributed by atoms with Crippen LogP contribution in [0.5, 0.6) is 5.75 Å². The Labute approximate surface area is 111 Å². The molecule has 0 fully saturated rings. The summed E-state index contributed by atoms with van der Waals surface area (Å²) in [7, 11) is 0. The topological polar surface area (TPSA) is 58.6 Å². The van der Waals surface area contributed by atoms with Gasteiger partial charge in [0.15, 0.2) is 6.61 Å². The van der Waals surface area contributed by atoms with Gasteiger partial charge in [0, 0.05) is 25.2 Å². The molecule has 2 rings (SSSR count). The largest absolute Gasteiger partial charge is 0.483 e. The number of hydrogen-bond donors (Lipinski definition) is 1. The molecule has 0 unspecified atom stereocenters. The molecule has 19 heavy (non-hydrogen) atoms. The molecule has 1 aliphatic rings. The molecule has 0 spiro atoms. The average molecular weight is 260 g/mol. The molecule has 0 saturated carbocycles. The second-order valence-corrected chi connectivity index (χ2v) is 4.21. The Morgan fingerprint density at radius 2 is 2.26 bits per heavy atom. The van der Waals surface area contributed by atoms with E-state index < -0.39 is 0 Å². The number of fused-ring (bicyclic) bond motifs is 1. The molecule has 1 N–H and O–H groups in total. The van der Waals surface area contributed by atoms with E-state index in [9.17, 15) is 9.59 Å². The minimum absolute atomic E-state index is 0.0341. The number of hydrogen-bond acceptors (Lipinski definition) is 3. The fourth-order valence-corrected chi connectivity index (χ4v) is 1.89. The molecule has 100 valence electrons. The van der Waals surface area contributed by atoms with Crippen LogP contribution < -0.4 is 10.1 Å². The molecule has 0 bridgehead atoms. The van der Waals surface area contributed by atoms with Crippen molar-refractivity contribution in [2.75, 3.05) is 19.7 Å². The summed E-state index contributed by atoms with van der Waals surface area (Å²) in [4.78, 5) is 24.6. The zero-order valence-electron chi connectivity index (χ0n) is 10.6. The predicted molar refractivity (Wildman–Crippen MR) is 70.6 cm³/mol. The minimum atomic E-state index is -0.237. The fraction of sp³-hybridized carbons (Fsp3) is 0.286. The van der Waals surface area contributed by atoms with Crippen molar-refractivity contribution in [3.8, 4) is 5.75 Å². The van der Waals surface area contributed by atoms with Gasteiger partial charge in [-0.05, 0) is 12.1 Å². The number of carbonyl (C=O) groups is 2. The molecule has 1 aromatic carbocycles. The summed E-state index contributed by atoms with van der Waals surface area (Å²) in [5.74, 6) is 0.427. The molecule has 0 atom stereocenters. The SMILES string of the molecule is C=CC(=O)NCCN1Cc2ccccc2OCC1=O. The highest BCUT2D eigenvalue weighted by molar-refractivity contribution is 5.86. The Hall–Kier alpha value is -2.30. The lowest BCUT2D eigenvalue weighted by Gasteiger charge is -2.19. The van der Waals surface area contributed by atoms with E-state index in [2.05, 4.69) is 11.9 Å². The number of amides is 2. The van der Waals surface area contributed by atoms with Crippen LogP contribution in [0.2, 0.25) is 0 Å². The van der Waals surface area contributed by atoms with Gasteiger partial charge in [-0.15, -0.1) is 0 Å². The van der Waals surface area contributed by atoms with Crippen molar-refractivity contribution < 1.29 is 14.3 Å². The van der Waals surface area contributed by atoms with Crippen LogP contribution in [0.25, 0.3) is 0 Å². The van der Waals surface area contributed by atoms with Crippen LogP contribution in [0.1, 0.15) is 5.56 Å². The van der Waals surface area contributed by atoms with Gasteiger partial charge in [0.1, 0.15) is 5.75 Å². The molecule has 0 aliphatic carbocycles. The van der Waals surface area contributed by atoms with E-state index >= 15 is 0 Å². The molecule has 5 nitrogen and oxygen atoms in total. The maximum atomic E-state index is 11.9. The normalized spacial score (nSPS) is 14.1. The van der Waals surface area contributed by atoms with Crippen LogP contribution in [-0.2, 0) is 16.1 Å². The monoisotopic (exact) mass is 260 g/mol. The predicted octanol–water partition coefficient (Wildman–Crippen LogP) is 0.710. The lowest BCUT2D eigenvalue weighted by atomic mass is 10.2. The van der Waals surface area contributed by atoms with Crippen LogP contribution in [0.4, 0.5) is 0 Å². The summed E-state index contributed by atoms with van der Waals surface area (Å²) in [5.41, 5.74) is 0.975. The zero-order valence-corrected chi connectivity index (χ0v) is 10.6. The second-order valence-electron chi connectivity index (χ2n) is 4.21. The van der Waals surface area contributed by atoms with Gasteiger partial charge in [-0.25, -0.2) is 0 Å².